The van der Waals surface area contributed by atoms with Gasteiger partial charge in [0.05, 0.1) is 12.2 Å². The Bertz CT molecular complexity index is 997. The smallest absolute Gasteiger partial charge is 0.331 e. The molecule has 2 aliphatic heterocycles. The molecule has 0 radical (unpaired) electrons. The number of hydrogen-bond donors (Lipinski definition) is 2. The zero-order valence-electron chi connectivity index (χ0n) is 21.3. The minimum Gasteiger partial charge on any atom is -0.454 e. The molecule has 0 aromatic heterocycles. The summed E-state index contributed by atoms with van der Waals surface area (Å²) in [6.07, 6.45) is 15.6. The molecule has 2 aliphatic rings. The molecule has 0 aromatic carbocycles. The molecule has 36 heavy (non-hydrogen) atoms. The third-order valence-electron chi connectivity index (χ3n) is 5.60. The minimum absolute atomic E-state index is 0.0369. The van der Waals surface area contributed by atoms with E-state index >= 15 is 0 Å². The second kappa shape index (κ2) is 15.0. The van der Waals surface area contributed by atoms with Crippen molar-refractivity contribution in [3.63, 3.8) is 0 Å². The molecule has 2 N–H and O–H groups in total. The number of aliphatic hydroxyl groups excluding tert-OH is 1. The van der Waals surface area contributed by atoms with Gasteiger partial charge in [-0.25, -0.2) is 4.79 Å². The van der Waals surface area contributed by atoms with E-state index in [4.69, 9.17) is 9.47 Å². The zero-order chi connectivity index (χ0) is 26.5. The summed E-state index contributed by atoms with van der Waals surface area (Å²) in [7, 11) is 0. The minimum atomic E-state index is -1.42. The number of carbonyl (C=O) groups excluding carboxylic acids is 3. The summed E-state index contributed by atoms with van der Waals surface area (Å²) >= 11 is 0. The van der Waals surface area contributed by atoms with Gasteiger partial charge in [-0.3, -0.25) is 9.59 Å². The van der Waals surface area contributed by atoms with Gasteiger partial charge in [0.2, 0.25) is 5.91 Å². The van der Waals surface area contributed by atoms with E-state index in [9.17, 15) is 19.5 Å². The Hall–Kier alpha value is -3.29. The van der Waals surface area contributed by atoms with Gasteiger partial charge < -0.3 is 19.9 Å². The molecule has 2 bridgehead atoms. The van der Waals surface area contributed by atoms with Crippen LogP contribution in [0.1, 0.15) is 52.9 Å². The van der Waals surface area contributed by atoms with Crippen LogP contribution in [0.25, 0.3) is 0 Å². The average Bonchev–Trinajstić information content (AvgIpc) is 2.77. The summed E-state index contributed by atoms with van der Waals surface area (Å²) in [6, 6.07) is 0. The molecule has 1 amide bonds. The first kappa shape index (κ1) is 28.9. The lowest BCUT2D eigenvalue weighted by molar-refractivity contribution is -0.151. The van der Waals surface area contributed by atoms with Gasteiger partial charge in [0.15, 0.2) is 18.1 Å². The van der Waals surface area contributed by atoms with E-state index in [2.05, 4.69) is 11.9 Å². The molecule has 1 saturated heterocycles. The van der Waals surface area contributed by atoms with Crippen molar-refractivity contribution in [1.29, 1.82) is 0 Å². The summed E-state index contributed by atoms with van der Waals surface area (Å²) in [6.45, 7) is 9.61. The number of rotatable bonds is 4. The van der Waals surface area contributed by atoms with Crippen LogP contribution >= 0.6 is 0 Å². The van der Waals surface area contributed by atoms with Crippen molar-refractivity contribution in [1.82, 2.24) is 5.32 Å². The SMILES string of the molecule is C=C1CC2/C=C(\C)CC(C(O)NC(=O)/C=C\C=C\C)OC(=O)/C=C/C=C(/C)CC(=O)/C=C/CC(C1)O2. The van der Waals surface area contributed by atoms with Crippen LogP contribution in [-0.4, -0.2) is 47.3 Å². The van der Waals surface area contributed by atoms with Crippen LogP contribution in [0.5, 0.6) is 0 Å². The van der Waals surface area contributed by atoms with Crippen molar-refractivity contribution in [2.45, 2.75) is 77.4 Å². The zero-order valence-corrected chi connectivity index (χ0v) is 21.3. The van der Waals surface area contributed by atoms with Crippen LogP contribution in [0.2, 0.25) is 0 Å². The Morgan fingerprint density at radius 2 is 1.94 bits per heavy atom. The van der Waals surface area contributed by atoms with Gasteiger partial charge in [-0.1, -0.05) is 65.8 Å². The van der Waals surface area contributed by atoms with E-state index in [1.807, 2.05) is 26.0 Å². The molecular weight excluding hydrogens is 458 g/mol. The summed E-state index contributed by atoms with van der Waals surface area (Å²) in [5.74, 6) is -1.23. The predicted octanol–water partition coefficient (Wildman–Crippen LogP) is 4.33. The van der Waals surface area contributed by atoms with Crippen molar-refractivity contribution in [3.8, 4) is 0 Å². The molecule has 1 fully saturated rings. The van der Waals surface area contributed by atoms with E-state index in [0.717, 1.165) is 23.1 Å². The number of esters is 1. The maximum absolute atomic E-state index is 12.5. The molecule has 4 atom stereocenters. The summed E-state index contributed by atoms with van der Waals surface area (Å²) in [5.41, 5.74) is 2.67. The lowest BCUT2D eigenvalue weighted by Crippen LogP contribution is -2.44. The van der Waals surface area contributed by atoms with Crippen molar-refractivity contribution in [3.05, 3.63) is 84.1 Å². The van der Waals surface area contributed by atoms with Gasteiger partial charge in [0, 0.05) is 25.0 Å². The molecule has 7 nitrogen and oxygen atoms in total. The lowest BCUT2D eigenvalue weighted by Gasteiger charge is -2.30. The molecule has 2 rings (SSSR count). The molecule has 194 valence electrons. The Balaban J connectivity index is 2.28. The largest absolute Gasteiger partial charge is 0.454 e. The Labute approximate surface area is 213 Å². The Kier molecular flexibility index (Phi) is 12.0. The van der Waals surface area contributed by atoms with Gasteiger partial charge in [0.25, 0.3) is 0 Å². The molecule has 2 heterocycles. The number of carbonyl (C=O) groups is 3. The first-order valence-electron chi connectivity index (χ1n) is 12.2. The van der Waals surface area contributed by atoms with E-state index < -0.39 is 24.2 Å². The molecule has 0 aliphatic carbocycles. The first-order valence-corrected chi connectivity index (χ1v) is 12.2. The maximum atomic E-state index is 12.5. The number of cyclic esters (lactones) is 1. The Morgan fingerprint density at radius 3 is 2.69 bits per heavy atom. The molecule has 0 aromatic rings. The molecule has 4 unspecified atom stereocenters. The van der Waals surface area contributed by atoms with Crippen LogP contribution in [0, 0.1) is 0 Å². The standard InChI is InChI=1S/C29H37NO6/c1-5-6-7-13-27(32)30-29(34)26-19-22(4)18-25-17-21(3)16-24(35-25)12-9-11-23(31)15-20(2)10-8-14-28(33)36-26/h5-11,13-14,18,24-26,29,34H,3,12,15-17,19H2,1-2,4H3,(H,30,32)/b6-5+,11-9+,13-7-,14-8+,20-10-,22-18+. The third-order valence-corrected chi connectivity index (χ3v) is 5.60. The summed E-state index contributed by atoms with van der Waals surface area (Å²) in [4.78, 5) is 36.8. The number of fused-ring (bicyclic) bond motifs is 2. The third kappa shape index (κ3) is 11.0. The van der Waals surface area contributed by atoms with Gasteiger partial charge >= 0.3 is 5.97 Å². The average molecular weight is 496 g/mol. The monoisotopic (exact) mass is 495 g/mol. The fourth-order valence-electron chi connectivity index (χ4n) is 3.96. The van der Waals surface area contributed by atoms with E-state index in [0.29, 0.717) is 12.8 Å². The number of ether oxygens (including phenoxy) is 2. The number of allylic oxidation sites excluding steroid dienone is 7. The number of nitrogens with one attached hydrogen (secondary N) is 1. The number of amides is 1. The van der Waals surface area contributed by atoms with Crippen LogP contribution in [-0.2, 0) is 23.9 Å². The predicted molar refractivity (Wildman–Crippen MR) is 140 cm³/mol. The first-order chi connectivity index (χ1) is 17.2. The molecular formula is C29H37NO6. The fraction of sp³-hybridized carbons (Fsp3) is 0.414. The number of ketones is 1. The summed E-state index contributed by atoms with van der Waals surface area (Å²) in [5, 5.41) is 13.1. The highest BCUT2D eigenvalue weighted by atomic mass is 16.6. The molecule has 0 saturated carbocycles. The second-order valence-electron chi connectivity index (χ2n) is 9.14. The van der Waals surface area contributed by atoms with E-state index in [1.54, 1.807) is 37.3 Å². The second-order valence-corrected chi connectivity index (χ2v) is 9.14. The number of aliphatic hydroxyl groups is 1. The van der Waals surface area contributed by atoms with Crippen LogP contribution < -0.4 is 5.32 Å². The Morgan fingerprint density at radius 1 is 1.17 bits per heavy atom. The number of hydrogen-bond acceptors (Lipinski definition) is 6. The highest BCUT2D eigenvalue weighted by Crippen LogP contribution is 2.27. The highest BCUT2D eigenvalue weighted by molar-refractivity contribution is 5.91. The van der Waals surface area contributed by atoms with Crippen molar-refractivity contribution in [2.75, 3.05) is 0 Å². The van der Waals surface area contributed by atoms with Crippen molar-refractivity contribution >= 4 is 17.7 Å². The van der Waals surface area contributed by atoms with Crippen LogP contribution in [0.15, 0.2) is 84.1 Å². The summed E-state index contributed by atoms with van der Waals surface area (Å²) < 4.78 is 11.7. The topological polar surface area (TPSA) is 102 Å². The lowest BCUT2D eigenvalue weighted by atomic mass is 9.95. The van der Waals surface area contributed by atoms with Crippen molar-refractivity contribution < 1.29 is 29.0 Å². The van der Waals surface area contributed by atoms with Crippen LogP contribution in [0.4, 0.5) is 0 Å². The normalized spacial score (nSPS) is 30.3. The fourth-order valence-corrected chi connectivity index (χ4v) is 3.96. The molecule has 0 spiro atoms. The van der Waals surface area contributed by atoms with E-state index in [-0.39, 0.29) is 30.8 Å². The van der Waals surface area contributed by atoms with E-state index in [1.165, 1.54) is 18.2 Å². The quantitative estimate of drug-likeness (QED) is 0.198. The van der Waals surface area contributed by atoms with Gasteiger partial charge in [0.1, 0.15) is 0 Å². The maximum Gasteiger partial charge on any atom is 0.331 e. The molecule has 7 heteroatoms. The van der Waals surface area contributed by atoms with Crippen LogP contribution in [0.3, 0.4) is 0 Å². The van der Waals surface area contributed by atoms with Gasteiger partial charge in [-0.2, -0.15) is 0 Å². The highest BCUT2D eigenvalue weighted by Gasteiger charge is 2.26. The van der Waals surface area contributed by atoms with Gasteiger partial charge in [-0.05, 0) is 46.1 Å². The van der Waals surface area contributed by atoms with Crippen molar-refractivity contribution in [2.24, 2.45) is 0 Å². The van der Waals surface area contributed by atoms with Gasteiger partial charge in [-0.15, -0.1) is 0 Å².